The van der Waals surface area contributed by atoms with Gasteiger partial charge in [-0.25, -0.2) is 4.68 Å². The minimum absolute atomic E-state index is 0.0539. The van der Waals surface area contributed by atoms with Crippen LogP contribution in [0.15, 0.2) is 0 Å². The van der Waals surface area contributed by atoms with E-state index < -0.39 is 10.1 Å². The summed E-state index contributed by atoms with van der Waals surface area (Å²) in [6, 6.07) is 0. The Morgan fingerprint density at radius 1 is 1.47 bits per heavy atom. The molecule has 0 aromatic carbocycles. The zero-order chi connectivity index (χ0) is 11.6. The Labute approximate surface area is 88.9 Å². The fourth-order valence-corrected chi connectivity index (χ4v) is 1.60. The van der Waals surface area contributed by atoms with Gasteiger partial charge < -0.3 is 4.74 Å². The van der Waals surface area contributed by atoms with E-state index >= 15 is 0 Å². The average Bonchev–Trinajstić information content (AvgIpc) is 2.35. The zero-order valence-corrected chi connectivity index (χ0v) is 9.96. The van der Waals surface area contributed by atoms with Crippen molar-refractivity contribution in [3.05, 3.63) is 11.3 Å². The summed E-state index contributed by atoms with van der Waals surface area (Å²) < 4.78 is 33.0. The van der Waals surface area contributed by atoms with Crippen molar-refractivity contribution < 1.29 is 17.3 Å². The molecule has 0 aliphatic heterocycles. The molecule has 0 amide bonds. The zero-order valence-electron chi connectivity index (χ0n) is 9.14. The third-order valence-corrected chi connectivity index (χ3v) is 2.45. The maximum absolute atomic E-state index is 10.8. The van der Waals surface area contributed by atoms with Gasteiger partial charge in [0.15, 0.2) is 0 Å². The second-order valence-corrected chi connectivity index (χ2v) is 4.81. The van der Waals surface area contributed by atoms with Crippen LogP contribution in [0, 0.1) is 6.92 Å². The van der Waals surface area contributed by atoms with Gasteiger partial charge in [-0.1, -0.05) is 0 Å². The molecular weight excluding hydrogens is 220 g/mol. The average molecular weight is 234 g/mol. The molecule has 7 heteroatoms. The fraction of sp³-hybridized carbons (Fsp3) is 0.625. The van der Waals surface area contributed by atoms with Crippen molar-refractivity contribution in [1.82, 2.24) is 9.78 Å². The van der Waals surface area contributed by atoms with E-state index in [1.807, 2.05) is 0 Å². The molecule has 0 spiro atoms. The van der Waals surface area contributed by atoms with Gasteiger partial charge in [-0.2, -0.15) is 13.5 Å². The molecule has 15 heavy (non-hydrogen) atoms. The molecular formula is C8H14N2O4S. The molecule has 0 N–H and O–H groups in total. The van der Waals surface area contributed by atoms with E-state index in [2.05, 4.69) is 5.10 Å². The van der Waals surface area contributed by atoms with Crippen molar-refractivity contribution in [2.75, 3.05) is 13.4 Å². The third kappa shape index (κ3) is 2.93. The van der Waals surface area contributed by atoms with Gasteiger partial charge in [-0.15, -0.1) is 0 Å². The SMILES string of the molecule is COc1c(COS(C)(=O)=O)c(C)nn1C. The van der Waals surface area contributed by atoms with E-state index in [1.165, 1.54) is 11.8 Å². The van der Waals surface area contributed by atoms with Crippen LogP contribution < -0.4 is 4.74 Å². The van der Waals surface area contributed by atoms with Gasteiger partial charge in [0.25, 0.3) is 10.1 Å². The van der Waals surface area contributed by atoms with E-state index in [1.54, 1.807) is 14.0 Å². The van der Waals surface area contributed by atoms with Crippen LogP contribution in [0.3, 0.4) is 0 Å². The fourth-order valence-electron chi connectivity index (χ4n) is 1.27. The number of hydrogen-bond acceptors (Lipinski definition) is 5. The summed E-state index contributed by atoms with van der Waals surface area (Å²) in [5, 5.41) is 4.10. The molecule has 0 radical (unpaired) electrons. The quantitative estimate of drug-likeness (QED) is 0.697. The van der Waals surface area contributed by atoms with Crippen LogP contribution in [0.2, 0.25) is 0 Å². The largest absolute Gasteiger partial charge is 0.481 e. The van der Waals surface area contributed by atoms with Crippen molar-refractivity contribution in [2.45, 2.75) is 13.5 Å². The summed E-state index contributed by atoms with van der Waals surface area (Å²) in [4.78, 5) is 0. The van der Waals surface area contributed by atoms with Crippen LogP contribution in [0.1, 0.15) is 11.3 Å². The number of ether oxygens (including phenoxy) is 1. The Hall–Kier alpha value is -1.08. The van der Waals surface area contributed by atoms with Gasteiger partial charge in [-0.05, 0) is 6.92 Å². The van der Waals surface area contributed by atoms with E-state index in [0.29, 0.717) is 17.1 Å². The minimum Gasteiger partial charge on any atom is -0.481 e. The monoisotopic (exact) mass is 234 g/mol. The topological polar surface area (TPSA) is 70.4 Å². The van der Waals surface area contributed by atoms with Gasteiger partial charge in [-0.3, -0.25) is 4.18 Å². The highest BCUT2D eigenvalue weighted by Crippen LogP contribution is 2.22. The smallest absolute Gasteiger partial charge is 0.264 e. The summed E-state index contributed by atoms with van der Waals surface area (Å²) >= 11 is 0. The van der Waals surface area contributed by atoms with Gasteiger partial charge >= 0.3 is 0 Å². The van der Waals surface area contributed by atoms with E-state index in [0.717, 1.165) is 6.26 Å². The maximum atomic E-state index is 10.8. The predicted molar refractivity (Wildman–Crippen MR) is 54.1 cm³/mol. The summed E-state index contributed by atoms with van der Waals surface area (Å²) in [5.41, 5.74) is 1.34. The Balaban J connectivity index is 2.94. The molecule has 0 bridgehead atoms. The van der Waals surface area contributed by atoms with E-state index in [4.69, 9.17) is 8.92 Å². The highest BCUT2D eigenvalue weighted by atomic mass is 32.2. The van der Waals surface area contributed by atoms with Crippen molar-refractivity contribution in [3.63, 3.8) is 0 Å². The van der Waals surface area contributed by atoms with Crippen LogP contribution >= 0.6 is 0 Å². The first-order valence-corrected chi connectivity index (χ1v) is 6.07. The number of methoxy groups -OCH3 is 1. The Kier molecular flexibility index (Phi) is 3.35. The number of aromatic nitrogens is 2. The Bertz CT molecular complexity index is 449. The van der Waals surface area contributed by atoms with Crippen LogP contribution in [-0.4, -0.2) is 31.6 Å². The van der Waals surface area contributed by atoms with Gasteiger partial charge in [0.1, 0.15) is 0 Å². The maximum Gasteiger partial charge on any atom is 0.264 e. The molecule has 0 aliphatic rings. The number of aryl methyl sites for hydroxylation is 2. The van der Waals surface area contributed by atoms with Crippen LogP contribution in [-0.2, 0) is 28.0 Å². The summed E-state index contributed by atoms with van der Waals surface area (Å²) in [7, 11) is -0.229. The normalized spacial score (nSPS) is 11.7. The molecule has 1 rings (SSSR count). The standard InChI is InChI=1S/C8H14N2O4S/c1-6-7(5-14-15(4,11)12)8(13-3)10(2)9-6/h5H2,1-4H3. The molecule has 86 valence electrons. The van der Waals surface area contributed by atoms with Crippen molar-refractivity contribution >= 4 is 10.1 Å². The first-order valence-electron chi connectivity index (χ1n) is 4.26. The van der Waals surface area contributed by atoms with Crippen LogP contribution in [0.25, 0.3) is 0 Å². The van der Waals surface area contributed by atoms with Crippen molar-refractivity contribution in [1.29, 1.82) is 0 Å². The first-order chi connectivity index (χ1) is 6.85. The lowest BCUT2D eigenvalue weighted by Gasteiger charge is -2.04. The highest BCUT2D eigenvalue weighted by molar-refractivity contribution is 7.85. The lowest BCUT2D eigenvalue weighted by Crippen LogP contribution is -2.04. The Morgan fingerprint density at radius 2 is 2.07 bits per heavy atom. The summed E-state index contributed by atoms with van der Waals surface area (Å²) in [5.74, 6) is 0.510. The summed E-state index contributed by atoms with van der Waals surface area (Å²) in [6.07, 6.45) is 1.01. The van der Waals surface area contributed by atoms with Crippen molar-refractivity contribution in [3.8, 4) is 5.88 Å². The summed E-state index contributed by atoms with van der Waals surface area (Å²) in [6.45, 7) is 1.71. The molecule has 1 heterocycles. The lowest BCUT2D eigenvalue weighted by molar-refractivity contribution is 0.298. The molecule has 0 fully saturated rings. The third-order valence-electron chi connectivity index (χ3n) is 1.90. The van der Waals surface area contributed by atoms with E-state index in [-0.39, 0.29) is 6.61 Å². The second-order valence-electron chi connectivity index (χ2n) is 3.16. The van der Waals surface area contributed by atoms with Crippen LogP contribution in [0.4, 0.5) is 0 Å². The second kappa shape index (κ2) is 4.19. The number of rotatable bonds is 4. The predicted octanol–water partition coefficient (Wildman–Crippen LogP) is 0.213. The highest BCUT2D eigenvalue weighted by Gasteiger charge is 2.15. The molecule has 1 aromatic rings. The van der Waals surface area contributed by atoms with Crippen LogP contribution in [0.5, 0.6) is 5.88 Å². The number of nitrogens with zero attached hydrogens (tertiary/aromatic N) is 2. The van der Waals surface area contributed by atoms with Crippen molar-refractivity contribution in [2.24, 2.45) is 7.05 Å². The molecule has 0 atom stereocenters. The van der Waals surface area contributed by atoms with E-state index in [9.17, 15) is 8.42 Å². The van der Waals surface area contributed by atoms with Gasteiger partial charge in [0, 0.05) is 7.05 Å². The molecule has 1 aromatic heterocycles. The molecule has 0 saturated carbocycles. The molecule has 0 aliphatic carbocycles. The minimum atomic E-state index is -3.45. The Morgan fingerprint density at radius 3 is 2.53 bits per heavy atom. The molecule has 0 unspecified atom stereocenters. The molecule has 0 saturated heterocycles. The first kappa shape index (κ1) is 12.0. The molecule has 6 nitrogen and oxygen atoms in total. The number of hydrogen-bond donors (Lipinski definition) is 0. The van der Waals surface area contributed by atoms with Gasteiger partial charge in [0.05, 0.1) is 31.2 Å². The van der Waals surface area contributed by atoms with Gasteiger partial charge in [0.2, 0.25) is 5.88 Å². The lowest BCUT2D eigenvalue weighted by atomic mass is 10.3.